The molecule has 156 valence electrons. The quantitative estimate of drug-likeness (QED) is 0.680. The van der Waals surface area contributed by atoms with E-state index in [0.29, 0.717) is 24.4 Å². The fourth-order valence-electron chi connectivity index (χ4n) is 4.31. The Hall–Kier alpha value is -2.93. The molecule has 0 amide bonds. The Labute approximate surface area is 172 Å². The number of rotatable bonds is 6. The number of nitrogens with zero attached hydrogens (tertiary/aromatic N) is 2. The predicted molar refractivity (Wildman–Crippen MR) is 113 cm³/mol. The minimum absolute atomic E-state index is 0.0811. The smallest absolute Gasteiger partial charge is 0.328 e. The second-order valence-electron chi connectivity index (χ2n) is 8.22. The number of H-pyrrole nitrogens is 1. The van der Waals surface area contributed by atoms with Gasteiger partial charge in [-0.1, -0.05) is 30.3 Å². The molecule has 30 heavy (non-hydrogen) atoms. The van der Waals surface area contributed by atoms with Gasteiger partial charge in [0, 0.05) is 25.6 Å². The van der Waals surface area contributed by atoms with Crippen molar-refractivity contribution in [1.29, 1.82) is 0 Å². The van der Waals surface area contributed by atoms with Gasteiger partial charge < -0.3 is 9.64 Å². The summed E-state index contributed by atoms with van der Waals surface area (Å²) < 4.78 is 22.2. The fourth-order valence-corrected chi connectivity index (χ4v) is 4.31. The van der Waals surface area contributed by atoms with Gasteiger partial charge in [0.2, 0.25) is 0 Å². The summed E-state index contributed by atoms with van der Waals surface area (Å²) >= 11 is 0. The first-order valence-corrected chi connectivity index (χ1v) is 10.5. The first-order chi connectivity index (χ1) is 14.6. The van der Waals surface area contributed by atoms with Crippen molar-refractivity contribution in [2.45, 2.75) is 38.5 Å². The third kappa shape index (κ3) is 3.65. The SMILES string of the molecule is O=c1[nH]c(=O)n(CC2CC2OCc2ccccc2)c2cc(N3CCCC3)c(F)cc12. The molecule has 1 saturated carbocycles. The van der Waals surface area contributed by atoms with Crippen LogP contribution in [-0.4, -0.2) is 28.7 Å². The van der Waals surface area contributed by atoms with Gasteiger partial charge in [0.1, 0.15) is 5.82 Å². The Kier molecular flexibility index (Phi) is 4.90. The highest BCUT2D eigenvalue weighted by atomic mass is 19.1. The number of fused-ring (bicyclic) bond motifs is 1. The van der Waals surface area contributed by atoms with Gasteiger partial charge in [-0.2, -0.15) is 0 Å². The number of halogens is 1. The van der Waals surface area contributed by atoms with Crippen LogP contribution >= 0.6 is 0 Å². The number of aromatic amines is 1. The van der Waals surface area contributed by atoms with Crippen LogP contribution in [0.1, 0.15) is 24.8 Å². The normalized spacial score (nSPS) is 20.8. The molecule has 2 heterocycles. The van der Waals surface area contributed by atoms with E-state index in [4.69, 9.17) is 4.74 Å². The zero-order valence-corrected chi connectivity index (χ0v) is 16.6. The number of nitrogens with one attached hydrogen (secondary N) is 1. The average molecular weight is 409 g/mol. The van der Waals surface area contributed by atoms with Gasteiger partial charge in [-0.3, -0.25) is 14.3 Å². The minimum Gasteiger partial charge on any atom is -0.373 e. The van der Waals surface area contributed by atoms with E-state index in [1.54, 1.807) is 10.6 Å². The van der Waals surface area contributed by atoms with Gasteiger partial charge >= 0.3 is 5.69 Å². The van der Waals surface area contributed by atoms with Crippen LogP contribution in [0.3, 0.4) is 0 Å². The van der Waals surface area contributed by atoms with Crippen molar-refractivity contribution in [1.82, 2.24) is 9.55 Å². The third-order valence-electron chi connectivity index (χ3n) is 6.09. The summed E-state index contributed by atoms with van der Waals surface area (Å²) in [5.74, 6) is -0.226. The molecule has 1 aromatic heterocycles. The van der Waals surface area contributed by atoms with Crippen molar-refractivity contribution in [3.05, 3.63) is 74.7 Å². The summed E-state index contributed by atoms with van der Waals surface area (Å²) in [5, 5.41) is 0.206. The van der Waals surface area contributed by atoms with Gasteiger partial charge in [0.25, 0.3) is 5.56 Å². The van der Waals surface area contributed by atoms with E-state index >= 15 is 0 Å². The van der Waals surface area contributed by atoms with Gasteiger partial charge in [-0.05, 0) is 37.0 Å². The highest BCUT2D eigenvalue weighted by Crippen LogP contribution is 2.36. The van der Waals surface area contributed by atoms with Crippen molar-refractivity contribution >= 4 is 16.6 Å². The molecule has 1 aliphatic heterocycles. The first kappa shape index (κ1) is 19.1. The molecule has 1 aliphatic carbocycles. The third-order valence-corrected chi connectivity index (χ3v) is 6.09. The Morgan fingerprint density at radius 2 is 1.87 bits per heavy atom. The van der Waals surface area contributed by atoms with Crippen LogP contribution in [0.15, 0.2) is 52.1 Å². The maximum Gasteiger partial charge on any atom is 0.328 e. The zero-order valence-electron chi connectivity index (χ0n) is 16.6. The molecule has 2 atom stereocenters. The molecule has 1 N–H and O–H groups in total. The molecule has 6 nitrogen and oxygen atoms in total. The van der Waals surface area contributed by atoms with Crippen molar-refractivity contribution < 1.29 is 9.13 Å². The number of ether oxygens (including phenoxy) is 1. The first-order valence-electron chi connectivity index (χ1n) is 10.5. The summed E-state index contributed by atoms with van der Waals surface area (Å²) in [6, 6.07) is 12.9. The van der Waals surface area contributed by atoms with Gasteiger partial charge in [0.15, 0.2) is 0 Å². The van der Waals surface area contributed by atoms with Crippen LogP contribution in [-0.2, 0) is 17.9 Å². The van der Waals surface area contributed by atoms with E-state index < -0.39 is 17.1 Å². The standard InChI is InChI=1S/C23H24FN3O3/c24-18-11-17-19(12-20(18)26-8-4-5-9-26)27(23(29)25-22(17)28)13-16-10-21(16)30-14-15-6-2-1-3-7-15/h1-3,6-7,11-12,16,21H,4-5,8-10,13-14H2,(H,25,28,29). The topological polar surface area (TPSA) is 67.3 Å². The van der Waals surface area contributed by atoms with Crippen LogP contribution in [0.2, 0.25) is 0 Å². The number of benzene rings is 2. The summed E-state index contributed by atoms with van der Waals surface area (Å²) in [7, 11) is 0. The number of hydrogen-bond donors (Lipinski definition) is 1. The van der Waals surface area contributed by atoms with E-state index in [2.05, 4.69) is 4.98 Å². The summed E-state index contributed by atoms with van der Waals surface area (Å²) in [4.78, 5) is 29.2. The zero-order chi connectivity index (χ0) is 20.7. The molecule has 2 unspecified atom stereocenters. The molecular formula is C23H24FN3O3. The summed E-state index contributed by atoms with van der Waals surface area (Å²) in [6.07, 6.45) is 2.97. The van der Waals surface area contributed by atoms with Gasteiger partial charge in [0.05, 0.1) is 29.3 Å². The molecule has 1 saturated heterocycles. The molecule has 0 bridgehead atoms. The Balaban J connectivity index is 1.40. The maximum absolute atomic E-state index is 14.7. The lowest BCUT2D eigenvalue weighted by Crippen LogP contribution is -2.31. The molecule has 2 fully saturated rings. The average Bonchev–Trinajstić information content (AvgIpc) is 3.25. The molecule has 2 aromatic carbocycles. The van der Waals surface area contributed by atoms with Crippen LogP contribution in [0.4, 0.5) is 10.1 Å². The lowest BCUT2D eigenvalue weighted by atomic mass is 10.2. The predicted octanol–water partition coefficient (Wildman–Crippen LogP) is 3.03. The fraction of sp³-hybridized carbons (Fsp3) is 0.391. The molecular weight excluding hydrogens is 385 g/mol. The molecule has 2 aliphatic rings. The second kappa shape index (κ2) is 7.72. The van der Waals surface area contributed by atoms with Gasteiger partial charge in [-0.15, -0.1) is 0 Å². The summed E-state index contributed by atoms with van der Waals surface area (Å²) in [6.45, 7) is 2.55. The van der Waals surface area contributed by atoms with Crippen molar-refractivity contribution in [2.75, 3.05) is 18.0 Å². The lowest BCUT2D eigenvalue weighted by Gasteiger charge is -2.20. The number of hydrogen-bond acceptors (Lipinski definition) is 4. The Morgan fingerprint density at radius 1 is 1.10 bits per heavy atom. The van der Waals surface area contributed by atoms with Crippen LogP contribution in [0, 0.1) is 11.7 Å². The van der Waals surface area contributed by atoms with Crippen molar-refractivity contribution in [3.63, 3.8) is 0 Å². The molecule has 7 heteroatoms. The van der Waals surface area contributed by atoms with Gasteiger partial charge in [-0.25, -0.2) is 9.18 Å². The minimum atomic E-state index is -0.550. The highest BCUT2D eigenvalue weighted by Gasteiger charge is 2.39. The molecule has 5 rings (SSSR count). The monoisotopic (exact) mass is 409 g/mol. The highest BCUT2D eigenvalue weighted by molar-refractivity contribution is 5.82. The van der Waals surface area contributed by atoms with E-state index in [-0.39, 0.29) is 17.4 Å². The van der Waals surface area contributed by atoms with E-state index in [9.17, 15) is 14.0 Å². The second-order valence-corrected chi connectivity index (χ2v) is 8.22. The summed E-state index contributed by atoms with van der Waals surface area (Å²) in [5.41, 5.74) is 1.05. The van der Waals surface area contributed by atoms with E-state index in [1.165, 1.54) is 6.07 Å². The Morgan fingerprint density at radius 3 is 2.63 bits per heavy atom. The molecule has 0 spiro atoms. The lowest BCUT2D eigenvalue weighted by molar-refractivity contribution is 0.0933. The van der Waals surface area contributed by atoms with Crippen molar-refractivity contribution in [3.8, 4) is 0 Å². The van der Waals surface area contributed by atoms with Crippen LogP contribution in [0.5, 0.6) is 0 Å². The number of anilines is 1. The molecule has 0 radical (unpaired) electrons. The van der Waals surface area contributed by atoms with Crippen molar-refractivity contribution in [2.24, 2.45) is 5.92 Å². The van der Waals surface area contributed by atoms with Crippen LogP contribution in [0.25, 0.3) is 10.9 Å². The van der Waals surface area contributed by atoms with E-state index in [1.807, 2.05) is 35.2 Å². The maximum atomic E-state index is 14.7. The largest absolute Gasteiger partial charge is 0.373 e. The van der Waals surface area contributed by atoms with Crippen LogP contribution < -0.4 is 16.1 Å². The number of aromatic nitrogens is 2. The van der Waals surface area contributed by atoms with E-state index in [0.717, 1.165) is 37.9 Å². The Bertz CT molecular complexity index is 1180. The molecule has 3 aromatic rings.